The third-order valence-corrected chi connectivity index (χ3v) is 9.37. The molecule has 1 aliphatic rings. The van der Waals surface area contributed by atoms with Crippen LogP contribution in [0.15, 0.2) is 60.7 Å². The first kappa shape index (κ1) is 15.5. The summed E-state index contributed by atoms with van der Waals surface area (Å²) in [5.74, 6) is 0. The van der Waals surface area contributed by atoms with Gasteiger partial charge in [0.2, 0.25) is 0 Å². The van der Waals surface area contributed by atoms with Crippen LogP contribution in [0.3, 0.4) is 0 Å². The smallest absolute Gasteiger partial charge is 0.117 e. The van der Waals surface area contributed by atoms with Gasteiger partial charge >= 0.3 is 0 Å². The maximum absolute atomic E-state index is 10.1. The Hall–Kier alpha value is -1.42. The molecule has 2 aromatic rings. The summed E-state index contributed by atoms with van der Waals surface area (Å²) in [6.45, 7) is 6.99. The molecule has 0 aliphatic carbocycles. The molecule has 116 valence electrons. The third kappa shape index (κ3) is 2.54. The van der Waals surface area contributed by atoms with Gasteiger partial charge in [-0.15, -0.1) is 0 Å². The van der Waals surface area contributed by atoms with Crippen molar-refractivity contribution < 1.29 is 9.84 Å². The summed E-state index contributed by atoms with van der Waals surface area (Å²) in [6.07, 6.45) is 0.0989. The van der Waals surface area contributed by atoms with E-state index in [0.717, 1.165) is 0 Å². The van der Waals surface area contributed by atoms with Gasteiger partial charge in [0.15, 0.2) is 0 Å². The van der Waals surface area contributed by atoms with Crippen LogP contribution in [0.4, 0.5) is 0 Å². The quantitative estimate of drug-likeness (QED) is 0.679. The molecule has 0 aromatic heterocycles. The fourth-order valence-electron chi connectivity index (χ4n) is 3.48. The minimum Gasteiger partial charge on any atom is -0.396 e. The summed E-state index contributed by atoms with van der Waals surface area (Å²) < 4.78 is 6.13. The number of ether oxygens (including phenoxy) is 1. The van der Waals surface area contributed by atoms with E-state index in [1.807, 2.05) is 24.3 Å². The number of hydrogen-bond donors (Lipinski definition) is 1. The molecular formula is C19H24O2Si. The lowest BCUT2D eigenvalue weighted by Gasteiger charge is -2.31. The van der Waals surface area contributed by atoms with Crippen molar-refractivity contribution in [2.45, 2.75) is 37.3 Å². The van der Waals surface area contributed by atoms with Gasteiger partial charge in [-0.2, -0.15) is 0 Å². The summed E-state index contributed by atoms with van der Waals surface area (Å²) in [4.78, 5) is 0. The summed E-state index contributed by atoms with van der Waals surface area (Å²) >= 11 is 0. The minimum atomic E-state index is -1.81. The van der Waals surface area contributed by atoms with Crippen molar-refractivity contribution in [3.05, 3.63) is 66.2 Å². The topological polar surface area (TPSA) is 32.8 Å². The van der Waals surface area contributed by atoms with Crippen LogP contribution in [0, 0.1) is 0 Å². The number of benzene rings is 2. The van der Waals surface area contributed by atoms with Gasteiger partial charge in [-0.05, 0) is 12.5 Å². The molecule has 3 heteroatoms. The van der Waals surface area contributed by atoms with E-state index < -0.39 is 8.07 Å². The van der Waals surface area contributed by atoms with Crippen molar-refractivity contribution in [3.8, 4) is 0 Å². The zero-order valence-electron chi connectivity index (χ0n) is 13.5. The van der Waals surface area contributed by atoms with Crippen LogP contribution in [0.25, 0.3) is 0 Å². The molecule has 0 bridgehead atoms. The van der Waals surface area contributed by atoms with Crippen LogP contribution in [0.2, 0.25) is 18.6 Å². The molecule has 0 amide bonds. The largest absolute Gasteiger partial charge is 0.396 e. The average molecular weight is 312 g/mol. The summed E-state index contributed by atoms with van der Waals surface area (Å²) in [6, 6.07) is 21.0. The van der Waals surface area contributed by atoms with Crippen LogP contribution in [-0.4, -0.2) is 25.9 Å². The van der Waals surface area contributed by atoms with Gasteiger partial charge in [-0.25, -0.2) is 0 Å². The maximum atomic E-state index is 10.1. The van der Waals surface area contributed by atoms with Gasteiger partial charge in [0.1, 0.15) is 5.60 Å². The van der Waals surface area contributed by atoms with E-state index in [9.17, 15) is 5.11 Å². The molecule has 0 saturated carbocycles. The number of rotatable bonds is 5. The van der Waals surface area contributed by atoms with E-state index in [4.69, 9.17) is 4.74 Å². The summed E-state index contributed by atoms with van der Waals surface area (Å²) in [7, 11) is -1.81. The highest BCUT2D eigenvalue weighted by Crippen LogP contribution is 2.53. The molecule has 1 N–H and O–H groups in total. The second-order valence-corrected chi connectivity index (χ2v) is 11.7. The molecular weight excluding hydrogens is 288 g/mol. The molecule has 3 rings (SSSR count). The number of aliphatic hydroxyl groups excluding tert-OH is 1. The van der Waals surface area contributed by atoms with E-state index in [0.29, 0.717) is 0 Å². The van der Waals surface area contributed by atoms with Gasteiger partial charge in [0.25, 0.3) is 0 Å². The average Bonchev–Trinajstić information content (AvgIpc) is 3.22. The van der Waals surface area contributed by atoms with E-state index in [1.165, 1.54) is 10.8 Å². The third-order valence-electron chi connectivity index (χ3n) is 5.21. The van der Waals surface area contributed by atoms with Crippen molar-refractivity contribution in [1.82, 2.24) is 0 Å². The molecule has 2 nitrogen and oxygen atoms in total. The molecule has 1 fully saturated rings. The van der Waals surface area contributed by atoms with Crippen LogP contribution in [0.5, 0.6) is 0 Å². The Morgan fingerprint density at radius 1 is 1.05 bits per heavy atom. The Morgan fingerprint density at radius 3 is 2.14 bits per heavy atom. The SMILES string of the molecule is C[C@@]1(c2ccccc2)O[C@H]1[C@H](CO)[Si](C)(C)c1ccccc1. The summed E-state index contributed by atoms with van der Waals surface area (Å²) in [5, 5.41) is 11.4. The molecule has 22 heavy (non-hydrogen) atoms. The molecule has 0 radical (unpaired) electrons. The van der Waals surface area contributed by atoms with Gasteiger partial charge < -0.3 is 9.84 Å². The monoisotopic (exact) mass is 312 g/mol. The first-order valence-corrected chi connectivity index (χ1v) is 11.0. The zero-order chi connectivity index (χ0) is 15.8. The second kappa shape index (κ2) is 5.65. The molecule has 0 unspecified atom stereocenters. The molecule has 1 heterocycles. The number of epoxide rings is 1. The fraction of sp³-hybridized carbons (Fsp3) is 0.368. The van der Waals surface area contributed by atoms with Gasteiger partial charge in [-0.1, -0.05) is 78.9 Å². The van der Waals surface area contributed by atoms with Gasteiger partial charge in [0.05, 0.1) is 14.2 Å². The molecule has 1 saturated heterocycles. The molecule has 2 aromatic carbocycles. The van der Waals surface area contributed by atoms with E-state index in [2.05, 4.69) is 56.4 Å². The van der Waals surface area contributed by atoms with Crippen LogP contribution >= 0.6 is 0 Å². The number of aliphatic hydroxyl groups is 1. The highest BCUT2D eigenvalue weighted by molar-refractivity contribution is 6.91. The first-order valence-electron chi connectivity index (χ1n) is 7.90. The predicted molar refractivity (Wildman–Crippen MR) is 93.1 cm³/mol. The highest BCUT2D eigenvalue weighted by atomic mass is 28.3. The normalized spacial score (nSPS) is 25.7. The van der Waals surface area contributed by atoms with Crippen LogP contribution in [0.1, 0.15) is 12.5 Å². The van der Waals surface area contributed by atoms with Crippen LogP contribution < -0.4 is 5.19 Å². The zero-order valence-corrected chi connectivity index (χ0v) is 14.5. The Morgan fingerprint density at radius 2 is 1.59 bits per heavy atom. The van der Waals surface area contributed by atoms with Crippen molar-refractivity contribution in [3.63, 3.8) is 0 Å². The maximum Gasteiger partial charge on any atom is 0.117 e. The first-order chi connectivity index (χ1) is 10.5. The van der Waals surface area contributed by atoms with Crippen molar-refractivity contribution in [2.24, 2.45) is 0 Å². The van der Waals surface area contributed by atoms with E-state index >= 15 is 0 Å². The van der Waals surface area contributed by atoms with E-state index in [1.54, 1.807) is 0 Å². The molecule has 3 atom stereocenters. The van der Waals surface area contributed by atoms with E-state index in [-0.39, 0.29) is 23.9 Å². The lowest BCUT2D eigenvalue weighted by Crippen LogP contribution is -2.49. The van der Waals surface area contributed by atoms with Crippen LogP contribution in [-0.2, 0) is 10.3 Å². The fourth-order valence-corrected chi connectivity index (χ4v) is 6.56. The second-order valence-electron chi connectivity index (χ2n) is 6.89. The Balaban J connectivity index is 1.88. The van der Waals surface area contributed by atoms with Gasteiger partial charge in [0, 0.05) is 12.1 Å². The molecule has 1 aliphatic heterocycles. The lowest BCUT2D eigenvalue weighted by atomic mass is 9.96. The van der Waals surface area contributed by atoms with Crippen molar-refractivity contribution in [2.75, 3.05) is 6.61 Å². The Labute approximate surface area is 133 Å². The minimum absolute atomic E-state index is 0.0989. The predicted octanol–water partition coefficient (Wildman–Crippen LogP) is 3.28. The molecule has 0 spiro atoms. The summed E-state index contributed by atoms with van der Waals surface area (Å²) in [5.41, 5.74) is 1.14. The number of hydrogen-bond acceptors (Lipinski definition) is 2. The standard InChI is InChI=1S/C19H24O2Si/c1-19(15-10-6-4-7-11-15)18(21-19)17(14-20)22(2,3)16-12-8-5-9-13-16/h4-13,17-18,20H,14H2,1-3H3/t17-,18-,19-/m0/s1. The highest BCUT2D eigenvalue weighted by Gasteiger charge is 2.60. The van der Waals surface area contributed by atoms with Crippen molar-refractivity contribution >= 4 is 13.3 Å². The van der Waals surface area contributed by atoms with Crippen molar-refractivity contribution in [1.29, 1.82) is 0 Å². The lowest BCUT2D eigenvalue weighted by molar-refractivity contribution is 0.254. The van der Waals surface area contributed by atoms with Gasteiger partial charge in [-0.3, -0.25) is 0 Å². The Kier molecular flexibility index (Phi) is 3.97. The Bertz CT molecular complexity index is 626.